The van der Waals surface area contributed by atoms with Gasteiger partial charge in [0.15, 0.2) is 11.5 Å². The summed E-state index contributed by atoms with van der Waals surface area (Å²) in [6, 6.07) is 13.6. The van der Waals surface area contributed by atoms with Crippen LogP contribution in [0.1, 0.15) is 15.9 Å². The number of rotatable bonds is 6. The van der Waals surface area contributed by atoms with Crippen LogP contribution < -0.4 is 26.1 Å². The summed E-state index contributed by atoms with van der Waals surface area (Å²) in [5.74, 6) is 5.21. The molecule has 0 saturated carbocycles. The van der Waals surface area contributed by atoms with Gasteiger partial charge in [-0.25, -0.2) is 5.84 Å². The number of nitrogens with two attached hydrogens (primary N) is 1. The molecular weight excluding hydrogens is 322 g/mol. The summed E-state index contributed by atoms with van der Waals surface area (Å²) in [6.07, 6.45) is 1.49. The van der Waals surface area contributed by atoms with Gasteiger partial charge in [-0.2, -0.15) is 0 Å². The molecule has 0 heterocycles. The first-order valence-electron chi connectivity index (χ1n) is 7.40. The van der Waals surface area contributed by atoms with E-state index in [9.17, 15) is 9.59 Å². The Labute approximate surface area is 145 Å². The fourth-order valence-electron chi connectivity index (χ4n) is 2.13. The second-order valence-electron chi connectivity index (χ2n) is 4.97. The Balaban J connectivity index is 2.32. The lowest BCUT2D eigenvalue weighted by molar-refractivity contribution is -0.117. The first-order valence-corrected chi connectivity index (χ1v) is 7.40. The molecule has 0 atom stereocenters. The average molecular weight is 341 g/mol. The van der Waals surface area contributed by atoms with Crippen LogP contribution in [0.15, 0.2) is 54.2 Å². The van der Waals surface area contributed by atoms with Crippen LogP contribution in [-0.2, 0) is 4.79 Å². The molecule has 7 heteroatoms. The molecular formula is C18H19N3O4. The number of hydrogen-bond donors (Lipinski definition) is 3. The maximum Gasteiger partial charge on any atom is 0.281 e. The van der Waals surface area contributed by atoms with Crippen molar-refractivity contribution >= 4 is 17.9 Å². The zero-order valence-corrected chi connectivity index (χ0v) is 13.9. The summed E-state index contributed by atoms with van der Waals surface area (Å²) < 4.78 is 10.4. The quantitative estimate of drug-likeness (QED) is 0.319. The monoisotopic (exact) mass is 341 g/mol. The number of carbonyl (C=O) groups is 2. The molecule has 0 aliphatic rings. The van der Waals surface area contributed by atoms with Gasteiger partial charge in [0.25, 0.3) is 11.8 Å². The van der Waals surface area contributed by atoms with Crippen molar-refractivity contribution in [2.24, 2.45) is 5.84 Å². The highest BCUT2D eigenvalue weighted by Crippen LogP contribution is 2.28. The first kappa shape index (κ1) is 18.0. The maximum absolute atomic E-state index is 12.3. The van der Waals surface area contributed by atoms with E-state index in [1.807, 2.05) is 5.43 Å². The predicted molar refractivity (Wildman–Crippen MR) is 93.8 cm³/mol. The minimum Gasteiger partial charge on any atom is -0.493 e. The molecule has 0 bridgehead atoms. The molecule has 4 N–H and O–H groups in total. The fraction of sp³-hybridized carbons (Fsp3) is 0.111. The van der Waals surface area contributed by atoms with Crippen molar-refractivity contribution in [3.8, 4) is 11.5 Å². The zero-order valence-electron chi connectivity index (χ0n) is 13.9. The van der Waals surface area contributed by atoms with Gasteiger partial charge in [-0.3, -0.25) is 15.0 Å². The lowest BCUT2D eigenvalue weighted by Gasteiger charge is -2.11. The third-order valence-electron chi connectivity index (χ3n) is 3.38. The lowest BCUT2D eigenvalue weighted by atomic mass is 10.1. The molecule has 0 unspecified atom stereocenters. The number of amides is 2. The van der Waals surface area contributed by atoms with E-state index in [-0.39, 0.29) is 5.70 Å². The number of hydrazine groups is 1. The van der Waals surface area contributed by atoms with E-state index in [4.69, 9.17) is 15.3 Å². The molecule has 0 saturated heterocycles. The molecule has 0 aliphatic carbocycles. The minimum atomic E-state index is -0.626. The van der Waals surface area contributed by atoms with Gasteiger partial charge in [-0.15, -0.1) is 0 Å². The third kappa shape index (κ3) is 4.58. The van der Waals surface area contributed by atoms with Crippen molar-refractivity contribution < 1.29 is 19.1 Å². The number of ether oxygens (including phenoxy) is 2. The topological polar surface area (TPSA) is 103 Å². The Hall–Kier alpha value is -3.32. The molecule has 2 rings (SSSR count). The molecule has 2 amide bonds. The van der Waals surface area contributed by atoms with E-state index < -0.39 is 11.8 Å². The molecule has 0 aromatic heterocycles. The molecule has 2 aromatic rings. The van der Waals surface area contributed by atoms with Crippen LogP contribution in [0.4, 0.5) is 0 Å². The lowest BCUT2D eigenvalue weighted by Crippen LogP contribution is -2.38. The van der Waals surface area contributed by atoms with Crippen molar-refractivity contribution in [1.29, 1.82) is 0 Å². The molecule has 7 nitrogen and oxygen atoms in total. The standard InChI is InChI=1S/C18H19N3O4/c1-24-15-9-8-12(11-16(15)25-2)10-14(18(23)21-19)20-17(22)13-6-4-3-5-7-13/h3-11H,19H2,1-2H3,(H,20,22)(H,21,23)/b14-10-. The molecule has 130 valence electrons. The molecule has 0 radical (unpaired) electrons. The first-order chi connectivity index (χ1) is 12.1. The van der Waals surface area contributed by atoms with E-state index in [0.717, 1.165) is 0 Å². The zero-order chi connectivity index (χ0) is 18.2. The van der Waals surface area contributed by atoms with Gasteiger partial charge in [0.1, 0.15) is 5.70 Å². The summed E-state index contributed by atoms with van der Waals surface area (Å²) >= 11 is 0. The van der Waals surface area contributed by atoms with Gasteiger partial charge in [0.05, 0.1) is 14.2 Å². The smallest absolute Gasteiger partial charge is 0.281 e. The number of nitrogens with one attached hydrogen (secondary N) is 2. The molecule has 0 spiro atoms. The van der Waals surface area contributed by atoms with Gasteiger partial charge >= 0.3 is 0 Å². The number of methoxy groups -OCH3 is 2. The molecule has 0 aliphatic heterocycles. The summed E-state index contributed by atoms with van der Waals surface area (Å²) in [4.78, 5) is 24.3. The van der Waals surface area contributed by atoms with Crippen molar-refractivity contribution in [2.75, 3.05) is 14.2 Å². The van der Waals surface area contributed by atoms with Crippen molar-refractivity contribution in [3.63, 3.8) is 0 Å². The van der Waals surface area contributed by atoms with Gasteiger partial charge in [-0.05, 0) is 35.9 Å². The van der Waals surface area contributed by atoms with Crippen LogP contribution in [0, 0.1) is 0 Å². The van der Waals surface area contributed by atoms with E-state index in [2.05, 4.69) is 5.32 Å². The van der Waals surface area contributed by atoms with Crippen LogP contribution in [-0.4, -0.2) is 26.0 Å². The summed E-state index contributed by atoms with van der Waals surface area (Å²) in [5, 5.41) is 2.56. The molecule has 0 fully saturated rings. The van der Waals surface area contributed by atoms with Crippen LogP contribution in [0.3, 0.4) is 0 Å². The van der Waals surface area contributed by atoms with Gasteiger partial charge in [0, 0.05) is 5.56 Å². The maximum atomic E-state index is 12.3. The normalized spacial score (nSPS) is 10.8. The summed E-state index contributed by atoms with van der Waals surface area (Å²) in [7, 11) is 3.04. The SMILES string of the molecule is COc1ccc(/C=C(\NC(=O)c2ccccc2)C(=O)NN)cc1OC. The number of hydrogen-bond acceptors (Lipinski definition) is 5. The molecule has 25 heavy (non-hydrogen) atoms. The Morgan fingerprint density at radius 1 is 1.00 bits per heavy atom. The highest BCUT2D eigenvalue weighted by Gasteiger charge is 2.14. The summed E-state index contributed by atoms with van der Waals surface area (Å²) in [6.45, 7) is 0. The highest BCUT2D eigenvalue weighted by atomic mass is 16.5. The van der Waals surface area contributed by atoms with Crippen LogP contribution in [0.25, 0.3) is 6.08 Å². The van der Waals surface area contributed by atoms with E-state index in [1.54, 1.807) is 48.5 Å². The van der Waals surface area contributed by atoms with E-state index in [0.29, 0.717) is 22.6 Å². The Morgan fingerprint density at radius 2 is 1.68 bits per heavy atom. The van der Waals surface area contributed by atoms with Crippen molar-refractivity contribution in [2.45, 2.75) is 0 Å². The van der Waals surface area contributed by atoms with Crippen molar-refractivity contribution in [3.05, 3.63) is 65.4 Å². The second kappa shape index (κ2) is 8.51. The largest absolute Gasteiger partial charge is 0.493 e. The number of benzene rings is 2. The number of carbonyl (C=O) groups excluding carboxylic acids is 2. The van der Waals surface area contributed by atoms with Gasteiger partial charge in [0.2, 0.25) is 0 Å². The van der Waals surface area contributed by atoms with Crippen LogP contribution >= 0.6 is 0 Å². The predicted octanol–water partition coefficient (Wildman–Crippen LogP) is 1.46. The minimum absolute atomic E-state index is 0.00331. The van der Waals surface area contributed by atoms with E-state index >= 15 is 0 Å². The van der Waals surface area contributed by atoms with Gasteiger partial charge in [-0.1, -0.05) is 24.3 Å². The van der Waals surface area contributed by atoms with Crippen molar-refractivity contribution in [1.82, 2.24) is 10.7 Å². The van der Waals surface area contributed by atoms with Gasteiger partial charge < -0.3 is 14.8 Å². The second-order valence-corrected chi connectivity index (χ2v) is 4.97. The fourth-order valence-corrected chi connectivity index (χ4v) is 2.13. The Bertz CT molecular complexity index is 788. The highest BCUT2D eigenvalue weighted by molar-refractivity contribution is 6.05. The average Bonchev–Trinajstić information content (AvgIpc) is 2.67. The van der Waals surface area contributed by atoms with Crippen LogP contribution in [0.5, 0.6) is 11.5 Å². The molecule has 2 aromatic carbocycles. The van der Waals surface area contributed by atoms with E-state index in [1.165, 1.54) is 20.3 Å². The van der Waals surface area contributed by atoms with Crippen LogP contribution in [0.2, 0.25) is 0 Å². The third-order valence-corrected chi connectivity index (χ3v) is 3.38. The summed E-state index contributed by atoms with van der Waals surface area (Å²) in [5.41, 5.74) is 3.07. The Kier molecular flexibility index (Phi) is 6.14. The Morgan fingerprint density at radius 3 is 2.28 bits per heavy atom.